The van der Waals surface area contributed by atoms with Gasteiger partial charge in [0.1, 0.15) is 5.82 Å². The number of hydrogen-bond acceptors (Lipinski definition) is 0. The summed E-state index contributed by atoms with van der Waals surface area (Å²) in [6, 6.07) is 13.2. The van der Waals surface area contributed by atoms with Crippen LogP contribution >= 0.6 is 11.6 Å². The number of halogens is 2. The van der Waals surface area contributed by atoms with Gasteiger partial charge in [-0.25, -0.2) is 4.39 Å². The van der Waals surface area contributed by atoms with Crippen molar-refractivity contribution in [3.8, 4) is 11.8 Å². The van der Waals surface area contributed by atoms with E-state index in [9.17, 15) is 4.39 Å². The Morgan fingerprint density at radius 2 is 1.52 bits per heavy atom. The Labute approximate surface area is 193 Å². The minimum atomic E-state index is -0.370. The third kappa shape index (κ3) is 8.01. The van der Waals surface area contributed by atoms with E-state index in [2.05, 4.69) is 43.0 Å². The van der Waals surface area contributed by atoms with Gasteiger partial charge >= 0.3 is 0 Å². The van der Waals surface area contributed by atoms with Crippen molar-refractivity contribution in [3.63, 3.8) is 0 Å². The van der Waals surface area contributed by atoms with Crippen molar-refractivity contribution in [3.05, 3.63) is 70.0 Å². The molecule has 0 heterocycles. The van der Waals surface area contributed by atoms with E-state index in [1.54, 1.807) is 12.1 Å². The Kier molecular flexibility index (Phi) is 9.95. The van der Waals surface area contributed by atoms with Gasteiger partial charge in [-0.15, -0.1) is 0 Å². The van der Waals surface area contributed by atoms with Crippen molar-refractivity contribution in [2.24, 2.45) is 5.92 Å². The highest BCUT2D eigenvalue weighted by atomic mass is 35.5. The van der Waals surface area contributed by atoms with Crippen LogP contribution in [0.5, 0.6) is 0 Å². The second kappa shape index (κ2) is 12.9. The molecule has 2 aromatic carbocycles. The summed E-state index contributed by atoms with van der Waals surface area (Å²) in [6.45, 7) is 2.28. The molecule has 0 saturated heterocycles. The largest absolute Gasteiger partial charge is 0.206 e. The molecule has 31 heavy (non-hydrogen) atoms. The Morgan fingerprint density at radius 3 is 2.19 bits per heavy atom. The molecule has 0 spiro atoms. The lowest BCUT2D eigenvalue weighted by Gasteiger charge is -2.29. The van der Waals surface area contributed by atoms with Gasteiger partial charge in [-0.05, 0) is 73.4 Å². The fourth-order valence-corrected chi connectivity index (χ4v) is 4.90. The zero-order valence-electron chi connectivity index (χ0n) is 18.9. The second-order valence-electron chi connectivity index (χ2n) is 9.12. The molecular formula is C29H36ClF. The molecule has 0 bridgehead atoms. The van der Waals surface area contributed by atoms with Gasteiger partial charge in [0.15, 0.2) is 0 Å². The van der Waals surface area contributed by atoms with Crippen molar-refractivity contribution in [2.45, 2.75) is 89.9 Å². The van der Waals surface area contributed by atoms with Gasteiger partial charge in [0.2, 0.25) is 0 Å². The summed E-state index contributed by atoms with van der Waals surface area (Å²) in [5, 5.41) is 0.393. The standard InChI is InChI=1S/C29H36ClF/c1-2-3-4-5-6-7-8-9-23-10-15-25(16-11-23)26-17-12-24(13-18-26)14-19-27-20-21-28(30)22-29(27)31/h12-13,17-18,20-23,25H,2-11,15-16H2,1H3. The van der Waals surface area contributed by atoms with E-state index >= 15 is 0 Å². The first-order chi connectivity index (χ1) is 15.2. The Balaban J connectivity index is 1.41. The summed E-state index contributed by atoms with van der Waals surface area (Å²) >= 11 is 5.80. The molecule has 1 aliphatic rings. The highest BCUT2D eigenvalue weighted by molar-refractivity contribution is 6.30. The zero-order valence-corrected chi connectivity index (χ0v) is 19.7. The van der Waals surface area contributed by atoms with E-state index in [0.29, 0.717) is 16.5 Å². The molecule has 0 nitrogen and oxygen atoms in total. The third-order valence-corrected chi connectivity index (χ3v) is 6.95. The first kappa shape index (κ1) is 23.9. The highest BCUT2D eigenvalue weighted by Gasteiger charge is 2.21. The van der Waals surface area contributed by atoms with Crippen LogP contribution < -0.4 is 0 Å². The Hall–Kier alpha value is -1.78. The minimum absolute atomic E-state index is 0.370. The van der Waals surface area contributed by atoms with Crippen LogP contribution in [0.15, 0.2) is 42.5 Å². The molecule has 0 amide bonds. The van der Waals surface area contributed by atoms with Crippen LogP contribution in [0.25, 0.3) is 0 Å². The van der Waals surface area contributed by atoms with Crippen LogP contribution in [-0.2, 0) is 0 Å². The SMILES string of the molecule is CCCCCCCCCC1CCC(c2ccc(C#Cc3ccc(Cl)cc3F)cc2)CC1. The molecule has 166 valence electrons. The minimum Gasteiger partial charge on any atom is -0.206 e. The van der Waals surface area contributed by atoms with Gasteiger partial charge in [0, 0.05) is 10.6 Å². The third-order valence-electron chi connectivity index (χ3n) is 6.72. The normalized spacial score (nSPS) is 18.4. The van der Waals surface area contributed by atoms with Gasteiger partial charge in [-0.2, -0.15) is 0 Å². The average molecular weight is 439 g/mol. The zero-order chi connectivity index (χ0) is 21.9. The highest BCUT2D eigenvalue weighted by Crippen LogP contribution is 2.37. The van der Waals surface area contributed by atoms with E-state index < -0.39 is 0 Å². The average Bonchev–Trinajstić information content (AvgIpc) is 2.79. The first-order valence-corrected chi connectivity index (χ1v) is 12.6. The summed E-state index contributed by atoms with van der Waals surface area (Å²) < 4.78 is 13.9. The monoisotopic (exact) mass is 438 g/mol. The van der Waals surface area contributed by atoms with Gasteiger partial charge in [-0.3, -0.25) is 0 Å². The number of benzene rings is 2. The molecule has 0 aromatic heterocycles. The van der Waals surface area contributed by atoms with Gasteiger partial charge < -0.3 is 0 Å². The molecule has 0 N–H and O–H groups in total. The molecule has 1 saturated carbocycles. The fourth-order valence-electron chi connectivity index (χ4n) is 4.74. The van der Waals surface area contributed by atoms with E-state index in [1.165, 1.54) is 88.7 Å². The van der Waals surface area contributed by atoms with Crippen molar-refractivity contribution >= 4 is 11.6 Å². The van der Waals surface area contributed by atoms with Crippen LogP contribution in [0.2, 0.25) is 5.02 Å². The van der Waals surface area contributed by atoms with E-state index in [-0.39, 0.29) is 5.82 Å². The van der Waals surface area contributed by atoms with Crippen LogP contribution in [-0.4, -0.2) is 0 Å². The van der Waals surface area contributed by atoms with Crippen molar-refractivity contribution in [2.75, 3.05) is 0 Å². The fraction of sp³-hybridized carbons (Fsp3) is 0.517. The summed E-state index contributed by atoms with van der Waals surface area (Å²) in [6.07, 6.45) is 16.6. The number of hydrogen-bond donors (Lipinski definition) is 0. The maximum Gasteiger partial charge on any atom is 0.140 e. The van der Waals surface area contributed by atoms with E-state index in [0.717, 1.165) is 11.5 Å². The van der Waals surface area contributed by atoms with Crippen LogP contribution in [0, 0.1) is 23.6 Å². The van der Waals surface area contributed by atoms with Gasteiger partial charge in [0.25, 0.3) is 0 Å². The molecule has 0 atom stereocenters. The second-order valence-corrected chi connectivity index (χ2v) is 9.56. The summed E-state index contributed by atoms with van der Waals surface area (Å²) in [5.74, 6) is 7.23. The van der Waals surface area contributed by atoms with Crippen molar-refractivity contribution in [1.82, 2.24) is 0 Å². The van der Waals surface area contributed by atoms with Gasteiger partial charge in [0.05, 0.1) is 5.56 Å². The summed E-state index contributed by atoms with van der Waals surface area (Å²) in [7, 11) is 0. The van der Waals surface area contributed by atoms with E-state index in [4.69, 9.17) is 11.6 Å². The molecular weight excluding hydrogens is 403 g/mol. The Morgan fingerprint density at radius 1 is 0.839 bits per heavy atom. The molecule has 0 radical (unpaired) electrons. The molecule has 1 aliphatic carbocycles. The molecule has 0 unspecified atom stereocenters. The quantitative estimate of drug-likeness (QED) is 0.270. The lowest BCUT2D eigenvalue weighted by Crippen LogP contribution is -2.13. The molecule has 2 heteroatoms. The number of unbranched alkanes of at least 4 members (excludes halogenated alkanes) is 6. The number of rotatable bonds is 9. The predicted molar refractivity (Wildman–Crippen MR) is 131 cm³/mol. The van der Waals surface area contributed by atoms with Crippen LogP contribution in [0.3, 0.4) is 0 Å². The summed E-state index contributed by atoms with van der Waals surface area (Å²) in [4.78, 5) is 0. The maximum absolute atomic E-state index is 13.9. The van der Waals surface area contributed by atoms with Crippen LogP contribution in [0.4, 0.5) is 4.39 Å². The summed E-state index contributed by atoms with van der Waals surface area (Å²) in [5.41, 5.74) is 2.73. The first-order valence-electron chi connectivity index (χ1n) is 12.2. The van der Waals surface area contributed by atoms with E-state index in [1.807, 2.05) is 0 Å². The molecule has 3 rings (SSSR count). The molecule has 1 fully saturated rings. The lowest BCUT2D eigenvalue weighted by molar-refractivity contribution is 0.302. The maximum atomic E-state index is 13.9. The van der Waals surface area contributed by atoms with Crippen LogP contribution in [0.1, 0.15) is 107 Å². The molecule has 0 aliphatic heterocycles. The smallest absolute Gasteiger partial charge is 0.140 e. The van der Waals surface area contributed by atoms with Crippen molar-refractivity contribution in [1.29, 1.82) is 0 Å². The van der Waals surface area contributed by atoms with Crippen molar-refractivity contribution < 1.29 is 4.39 Å². The lowest BCUT2D eigenvalue weighted by atomic mass is 9.77. The molecule has 2 aromatic rings. The topological polar surface area (TPSA) is 0 Å². The predicted octanol–water partition coefficient (Wildman–Crippen LogP) is 9.29. The Bertz CT molecular complexity index is 851. The van der Waals surface area contributed by atoms with Gasteiger partial charge in [-0.1, -0.05) is 93.9 Å².